The number of non-ortho nitro benzene ring substituents is 1. The highest BCUT2D eigenvalue weighted by Crippen LogP contribution is 2.41. The molecule has 2 N–H and O–H groups in total. The smallest absolute Gasteiger partial charge is 0.269 e. The molecule has 1 aliphatic heterocycles. The highest BCUT2D eigenvalue weighted by molar-refractivity contribution is 6.02. The zero-order valence-electron chi connectivity index (χ0n) is 11.2. The number of rotatable bonds is 2. The maximum absolute atomic E-state index is 12.2. The molecule has 0 amide bonds. The summed E-state index contributed by atoms with van der Waals surface area (Å²) in [6.07, 6.45) is -0.756. The third kappa shape index (κ3) is 2.32. The summed E-state index contributed by atoms with van der Waals surface area (Å²) < 4.78 is 5.62. The molecule has 0 bridgehead atoms. The van der Waals surface area contributed by atoms with Crippen LogP contribution >= 0.6 is 0 Å². The number of hydrogen-bond acceptors (Lipinski definition) is 6. The van der Waals surface area contributed by atoms with Crippen molar-refractivity contribution in [3.63, 3.8) is 0 Å². The van der Waals surface area contributed by atoms with Crippen molar-refractivity contribution in [2.45, 2.75) is 12.5 Å². The standard InChI is InChI=1S/C15H11NO6/c17-10-5-11(18)15-12(19)7-13(22-14(15)6-10)8-2-1-3-9(4-8)16(20)21/h1-6,13,17-18H,7H2. The van der Waals surface area contributed by atoms with Gasteiger partial charge in [0.2, 0.25) is 0 Å². The van der Waals surface area contributed by atoms with E-state index >= 15 is 0 Å². The third-order valence-corrected chi connectivity index (χ3v) is 3.44. The van der Waals surface area contributed by atoms with E-state index in [0.717, 1.165) is 6.07 Å². The normalized spacial score (nSPS) is 16.7. The molecular weight excluding hydrogens is 290 g/mol. The van der Waals surface area contributed by atoms with Crippen LogP contribution in [0.3, 0.4) is 0 Å². The Labute approximate surface area is 124 Å². The van der Waals surface area contributed by atoms with E-state index < -0.39 is 11.0 Å². The van der Waals surface area contributed by atoms with E-state index in [4.69, 9.17) is 4.74 Å². The van der Waals surface area contributed by atoms with Gasteiger partial charge in [0, 0.05) is 24.3 Å². The van der Waals surface area contributed by atoms with Crippen LogP contribution < -0.4 is 4.74 Å². The molecule has 1 aliphatic rings. The Morgan fingerprint density at radius 1 is 1.23 bits per heavy atom. The molecule has 22 heavy (non-hydrogen) atoms. The van der Waals surface area contributed by atoms with Gasteiger partial charge in [-0.05, 0) is 5.56 Å². The van der Waals surface area contributed by atoms with Crippen LogP contribution in [0.2, 0.25) is 0 Å². The Morgan fingerprint density at radius 2 is 2.00 bits per heavy atom. The van der Waals surface area contributed by atoms with Gasteiger partial charge in [0.1, 0.15) is 28.9 Å². The molecule has 0 saturated heterocycles. The Bertz CT molecular complexity index is 786. The number of fused-ring (bicyclic) bond motifs is 1. The van der Waals surface area contributed by atoms with Crippen molar-refractivity contribution in [3.05, 3.63) is 57.6 Å². The zero-order chi connectivity index (χ0) is 15.9. The highest BCUT2D eigenvalue weighted by Gasteiger charge is 2.31. The molecule has 1 unspecified atom stereocenters. The summed E-state index contributed by atoms with van der Waals surface area (Å²) in [5, 5.41) is 30.0. The molecule has 0 aliphatic carbocycles. The lowest BCUT2D eigenvalue weighted by atomic mass is 9.95. The number of nitro benzene ring substituents is 1. The minimum atomic E-state index is -0.707. The lowest BCUT2D eigenvalue weighted by molar-refractivity contribution is -0.385. The largest absolute Gasteiger partial charge is 0.508 e. The quantitative estimate of drug-likeness (QED) is 0.652. The fourth-order valence-electron chi connectivity index (χ4n) is 2.45. The van der Waals surface area contributed by atoms with Crippen LogP contribution in [0.5, 0.6) is 17.2 Å². The van der Waals surface area contributed by atoms with Gasteiger partial charge in [0.25, 0.3) is 5.69 Å². The minimum absolute atomic E-state index is 0.0134. The second-order valence-corrected chi connectivity index (χ2v) is 4.92. The number of Topliss-reactive ketones (excluding diaryl/α,β-unsaturated/α-hetero) is 1. The summed E-state index contributed by atoms with van der Waals surface area (Å²) in [5.41, 5.74) is 0.397. The molecule has 0 fully saturated rings. The molecule has 0 saturated carbocycles. The van der Waals surface area contributed by atoms with Crippen molar-refractivity contribution in [1.29, 1.82) is 0 Å². The number of carbonyl (C=O) groups excluding carboxylic acids is 1. The second-order valence-electron chi connectivity index (χ2n) is 4.92. The lowest BCUT2D eigenvalue weighted by Gasteiger charge is -2.26. The molecule has 112 valence electrons. The van der Waals surface area contributed by atoms with Crippen LogP contribution in [0.25, 0.3) is 0 Å². The monoisotopic (exact) mass is 301 g/mol. The van der Waals surface area contributed by atoms with Crippen LogP contribution in [0, 0.1) is 10.1 Å². The van der Waals surface area contributed by atoms with Crippen molar-refractivity contribution >= 4 is 11.5 Å². The van der Waals surface area contributed by atoms with Crippen molar-refractivity contribution in [2.24, 2.45) is 0 Å². The number of nitro groups is 1. The second kappa shape index (κ2) is 5.03. The number of carbonyl (C=O) groups is 1. The number of aromatic hydroxyl groups is 2. The van der Waals surface area contributed by atoms with Gasteiger partial charge in [-0.3, -0.25) is 14.9 Å². The minimum Gasteiger partial charge on any atom is -0.508 e. The molecule has 0 radical (unpaired) electrons. The Kier molecular flexibility index (Phi) is 3.17. The Hall–Kier alpha value is -3.09. The predicted molar refractivity (Wildman–Crippen MR) is 75.2 cm³/mol. The zero-order valence-corrected chi connectivity index (χ0v) is 11.2. The van der Waals surface area contributed by atoms with E-state index in [2.05, 4.69) is 0 Å². The highest BCUT2D eigenvalue weighted by atomic mass is 16.6. The van der Waals surface area contributed by atoms with E-state index in [9.17, 15) is 25.1 Å². The van der Waals surface area contributed by atoms with Crippen LogP contribution in [0.1, 0.15) is 28.4 Å². The number of hydrogen-bond donors (Lipinski definition) is 2. The van der Waals surface area contributed by atoms with Gasteiger partial charge in [-0.15, -0.1) is 0 Å². The summed E-state index contributed by atoms with van der Waals surface area (Å²) in [7, 11) is 0. The lowest BCUT2D eigenvalue weighted by Crippen LogP contribution is -2.20. The van der Waals surface area contributed by atoms with E-state index in [-0.39, 0.29) is 40.7 Å². The molecule has 0 aromatic heterocycles. The molecule has 1 heterocycles. The predicted octanol–water partition coefficient (Wildman–Crippen LogP) is 2.71. The van der Waals surface area contributed by atoms with Crippen molar-refractivity contribution in [1.82, 2.24) is 0 Å². The molecule has 0 spiro atoms. The number of phenolic OH excluding ortho intramolecular Hbond substituents is 2. The Balaban J connectivity index is 2.00. The summed E-state index contributed by atoms with van der Waals surface area (Å²) in [4.78, 5) is 22.5. The molecule has 1 atom stereocenters. The summed E-state index contributed by atoms with van der Waals surface area (Å²) in [5.74, 6) is -0.873. The first-order chi connectivity index (χ1) is 10.5. The Morgan fingerprint density at radius 3 is 2.73 bits per heavy atom. The average Bonchev–Trinajstić information content (AvgIpc) is 2.46. The first-order valence-corrected chi connectivity index (χ1v) is 6.46. The van der Waals surface area contributed by atoms with Crippen molar-refractivity contribution < 1.29 is 24.7 Å². The first-order valence-electron chi connectivity index (χ1n) is 6.46. The maximum Gasteiger partial charge on any atom is 0.269 e. The van der Waals surface area contributed by atoms with Gasteiger partial charge in [-0.1, -0.05) is 12.1 Å². The van der Waals surface area contributed by atoms with Crippen LogP contribution in [0.4, 0.5) is 5.69 Å². The van der Waals surface area contributed by atoms with E-state index in [0.29, 0.717) is 5.56 Å². The summed E-state index contributed by atoms with van der Waals surface area (Å²) in [6.45, 7) is 0. The van der Waals surface area contributed by atoms with Gasteiger partial charge in [0.05, 0.1) is 11.3 Å². The summed E-state index contributed by atoms with van der Waals surface area (Å²) in [6, 6.07) is 8.12. The van der Waals surface area contributed by atoms with Crippen LogP contribution in [0.15, 0.2) is 36.4 Å². The van der Waals surface area contributed by atoms with Crippen LogP contribution in [-0.2, 0) is 0 Å². The van der Waals surface area contributed by atoms with E-state index in [1.54, 1.807) is 6.07 Å². The topological polar surface area (TPSA) is 110 Å². The average molecular weight is 301 g/mol. The maximum atomic E-state index is 12.2. The fourth-order valence-corrected chi connectivity index (χ4v) is 2.45. The molecule has 7 nitrogen and oxygen atoms in total. The van der Waals surface area contributed by atoms with Gasteiger partial charge < -0.3 is 14.9 Å². The number of benzene rings is 2. The van der Waals surface area contributed by atoms with E-state index in [1.165, 1.54) is 24.3 Å². The molecular formula is C15H11NO6. The van der Waals surface area contributed by atoms with Gasteiger partial charge in [-0.25, -0.2) is 0 Å². The molecule has 2 aromatic rings. The van der Waals surface area contributed by atoms with Crippen molar-refractivity contribution in [2.75, 3.05) is 0 Å². The van der Waals surface area contributed by atoms with Gasteiger partial charge >= 0.3 is 0 Å². The third-order valence-electron chi connectivity index (χ3n) is 3.44. The van der Waals surface area contributed by atoms with Crippen molar-refractivity contribution in [3.8, 4) is 17.2 Å². The molecule has 7 heteroatoms. The number of phenols is 2. The SMILES string of the molecule is O=C1CC(c2cccc([N+](=O)[O-])c2)Oc2cc(O)cc(O)c21. The number of nitrogens with zero attached hydrogens (tertiary/aromatic N) is 1. The molecule has 3 rings (SSSR count). The number of ether oxygens (including phenoxy) is 1. The van der Waals surface area contributed by atoms with Gasteiger partial charge in [-0.2, -0.15) is 0 Å². The molecule has 2 aromatic carbocycles. The fraction of sp³-hybridized carbons (Fsp3) is 0.133. The van der Waals surface area contributed by atoms with E-state index in [1.807, 2.05) is 0 Å². The summed E-state index contributed by atoms with van der Waals surface area (Å²) >= 11 is 0. The van der Waals surface area contributed by atoms with Gasteiger partial charge in [0.15, 0.2) is 5.78 Å². The van der Waals surface area contributed by atoms with Crippen LogP contribution in [-0.4, -0.2) is 20.9 Å². The first kappa shape index (κ1) is 13.9. The number of ketones is 1.